The Morgan fingerprint density at radius 2 is 2.26 bits per heavy atom. The second-order valence-corrected chi connectivity index (χ2v) is 5.69. The second kappa shape index (κ2) is 5.69. The minimum Gasteiger partial charge on any atom is -0.394 e. The first-order valence-electron chi connectivity index (χ1n) is 6.85. The summed E-state index contributed by atoms with van der Waals surface area (Å²) >= 11 is 5.98. The number of nitrogens with zero attached hydrogens (tertiary/aromatic N) is 4. The summed E-state index contributed by atoms with van der Waals surface area (Å²) in [7, 11) is 0. The van der Waals surface area contributed by atoms with E-state index in [1.54, 1.807) is 0 Å². The third kappa shape index (κ3) is 2.37. The molecule has 1 fully saturated rings. The Balaban J connectivity index is 2.14. The van der Waals surface area contributed by atoms with E-state index in [9.17, 15) is 15.3 Å². The van der Waals surface area contributed by atoms with E-state index in [1.165, 1.54) is 17.0 Å². The summed E-state index contributed by atoms with van der Waals surface area (Å²) in [5, 5.41) is 30.6. The number of nitrogen functional groups attached to an aromatic ring is 1. The van der Waals surface area contributed by atoms with E-state index in [0.717, 1.165) is 0 Å². The van der Waals surface area contributed by atoms with Crippen LogP contribution in [0.1, 0.15) is 12.6 Å². The Hall–Kier alpha value is -1.78. The molecule has 3 rings (SSSR count). The summed E-state index contributed by atoms with van der Waals surface area (Å²) in [4.78, 5) is 12.0. The maximum atomic E-state index is 10.9. The highest BCUT2D eigenvalue weighted by atomic mass is 35.5. The van der Waals surface area contributed by atoms with Gasteiger partial charge in [-0.2, -0.15) is 9.97 Å². The molecule has 9 nitrogen and oxygen atoms in total. The molecule has 2 aromatic heterocycles. The van der Waals surface area contributed by atoms with Crippen LogP contribution in [-0.4, -0.2) is 59.3 Å². The number of ether oxygens (including phenoxy) is 1. The standard InChI is InChI=1S/C13H16ClN5O4/c1-2-3-13(22)8(21)6(4-20)23-11(13)19-5-16-7-9(14)17-12(15)18-10(7)19/h2,5-6,8,11,20-22H,1,3-4H2,(H2,15,17,18)/t6-,8-,11?,13-/m1/s1. The number of fused-ring (bicyclic) bond motifs is 1. The number of aliphatic hydroxyl groups is 3. The highest BCUT2D eigenvalue weighted by Crippen LogP contribution is 2.42. The monoisotopic (exact) mass is 341 g/mol. The van der Waals surface area contributed by atoms with E-state index in [0.29, 0.717) is 0 Å². The molecule has 0 aliphatic carbocycles. The predicted molar refractivity (Wildman–Crippen MR) is 81.5 cm³/mol. The Morgan fingerprint density at radius 3 is 2.91 bits per heavy atom. The fraction of sp³-hybridized carbons (Fsp3) is 0.462. The molecule has 5 N–H and O–H groups in total. The molecular formula is C13H16ClN5O4. The van der Waals surface area contributed by atoms with Gasteiger partial charge in [0, 0.05) is 6.42 Å². The van der Waals surface area contributed by atoms with Crippen molar-refractivity contribution in [3.05, 3.63) is 24.1 Å². The number of aromatic nitrogens is 4. The second-order valence-electron chi connectivity index (χ2n) is 5.34. The van der Waals surface area contributed by atoms with Crippen molar-refractivity contribution >= 4 is 28.7 Å². The number of imidazole rings is 1. The number of aliphatic hydroxyl groups excluding tert-OH is 2. The van der Waals surface area contributed by atoms with Crippen LogP contribution < -0.4 is 5.73 Å². The Morgan fingerprint density at radius 1 is 1.52 bits per heavy atom. The molecule has 0 amide bonds. The maximum Gasteiger partial charge on any atom is 0.223 e. The molecule has 10 heteroatoms. The molecule has 4 atom stereocenters. The van der Waals surface area contributed by atoms with Crippen molar-refractivity contribution in [1.82, 2.24) is 19.5 Å². The van der Waals surface area contributed by atoms with Crippen molar-refractivity contribution in [2.75, 3.05) is 12.3 Å². The third-order valence-electron chi connectivity index (χ3n) is 3.90. The molecule has 124 valence electrons. The summed E-state index contributed by atoms with van der Waals surface area (Å²) in [6.45, 7) is 3.12. The predicted octanol–water partition coefficient (Wildman–Crippen LogP) is -0.380. The van der Waals surface area contributed by atoms with Crippen molar-refractivity contribution in [2.45, 2.75) is 30.5 Å². The number of rotatable bonds is 4. The Labute approximate surface area is 136 Å². The fourth-order valence-electron chi connectivity index (χ4n) is 2.80. The van der Waals surface area contributed by atoms with E-state index >= 15 is 0 Å². The molecule has 1 aliphatic rings. The van der Waals surface area contributed by atoms with Gasteiger partial charge in [0.15, 0.2) is 17.0 Å². The van der Waals surface area contributed by atoms with Crippen LogP contribution in [0.2, 0.25) is 5.15 Å². The van der Waals surface area contributed by atoms with Gasteiger partial charge in [-0.15, -0.1) is 6.58 Å². The largest absolute Gasteiger partial charge is 0.394 e. The lowest BCUT2D eigenvalue weighted by atomic mass is 9.90. The van der Waals surface area contributed by atoms with Crippen molar-refractivity contribution in [1.29, 1.82) is 0 Å². The van der Waals surface area contributed by atoms with E-state index in [1.807, 2.05) is 0 Å². The van der Waals surface area contributed by atoms with Gasteiger partial charge >= 0.3 is 0 Å². The third-order valence-corrected chi connectivity index (χ3v) is 4.16. The van der Waals surface area contributed by atoms with Crippen LogP contribution in [0, 0.1) is 0 Å². The molecule has 1 unspecified atom stereocenters. The fourth-order valence-corrected chi connectivity index (χ4v) is 3.02. The summed E-state index contributed by atoms with van der Waals surface area (Å²) in [6.07, 6.45) is -0.490. The summed E-state index contributed by atoms with van der Waals surface area (Å²) < 4.78 is 7.01. The van der Waals surface area contributed by atoms with Crippen molar-refractivity contribution in [3.8, 4) is 0 Å². The maximum absolute atomic E-state index is 10.9. The van der Waals surface area contributed by atoms with Gasteiger partial charge < -0.3 is 25.8 Å². The normalized spacial score (nSPS) is 30.9. The molecule has 0 radical (unpaired) electrons. The van der Waals surface area contributed by atoms with Gasteiger partial charge in [-0.1, -0.05) is 17.7 Å². The topological polar surface area (TPSA) is 140 Å². The highest BCUT2D eigenvalue weighted by molar-refractivity contribution is 6.33. The molecule has 2 aromatic rings. The van der Waals surface area contributed by atoms with Crippen molar-refractivity contribution in [2.24, 2.45) is 0 Å². The van der Waals surface area contributed by atoms with Crippen LogP contribution in [0.3, 0.4) is 0 Å². The van der Waals surface area contributed by atoms with Gasteiger partial charge in [-0.05, 0) is 0 Å². The van der Waals surface area contributed by atoms with E-state index in [-0.39, 0.29) is 28.7 Å². The average molecular weight is 342 g/mol. The minimum atomic E-state index is -1.71. The Bertz CT molecular complexity index is 753. The smallest absolute Gasteiger partial charge is 0.223 e. The summed E-state index contributed by atoms with van der Waals surface area (Å²) in [5.74, 6) is -0.0613. The van der Waals surface area contributed by atoms with Crippen molar-refractivity contribution < 1.29 is 20.1 Å². The van der Waals surface area contributed by atoms with E-state index in [4.69, 9.17) is 22.1 Å². The van der Waals surface area contributed by atoms with Crippen LogP contribution in [0.25, 0.3) is 11.2 Å². The molecule has 23 heavy (non-hydrogen) atoms. The lowest BCUT2D eigenvalue weighted by Gasteiger charge is -2.30. The van der Waals surface area contributed by atoms with Crippen LogP contribution in [0.4, 0.5) is 5.95 Å². The van der Waals surface area contributed by atoms with Crippen LogP contribution in [-0.2, 0) is 4.74 Å². The molecular weight excluding hydrogens is 326 g/mol. The van der Waals surface area contributed by atoms with Crippen LogP contribution in [0.15, 0.2) is 19.0 Å². The number of halogens is 1. The first kappa shape index (κ1) is 16.1. The molecule has 0 spiro atoms. The number of nitrogens with two attached hydrogens (primary N) is 1. The van der Waals surface area contributed by atoms with Crippen molar-refractivity contribution in [3.63, 3.8) is 0 Å². The van der Waals surface area contributed by atoms with Gasteiger partial charge in [-0.25, -0.2) is 4.98 Å². The average Bonchev–Trinajstić information content (AvgIpc) is 3.01. The lowest BCUT2D eigenvalue weighted by Crippen LogP contribution is -2.46. The Kier molecular flexibility index (Phi) is 3.98. The molecule has 0 saturated carbocycles. The van der Waals surface area contributed by atoms with E-state index < -0.39 is 30.6 Å². The summed E-state index contributed by atoms with van der Waals surface area (Å²) in [6, 6.07) is 0. The zero-order valence-corrected chi connectivity index (χ0v) is 12.8. The molecule has 0 bridgehead atoms. The van der Waals surface area contributed by atoms with Gasteiger partial charge in [0.25, 0.3) is 0 Å². The SMILES string of the molecule is C=CC[C@]1(O)C(n2cnc3c(Cl)nc(N)nc32)O[C@H](CO)[C@H]1O. The van der Waals surface area contributed by atoms with Gasteiger partial charge in [0.1, 0.15) is 23.3 Å². The minimum absolute atomic E-state index is 0.0311. The molecule has 3 heterocycles. The first-order chi connectivity index (χ1) is 10.9. The quantitative estimate of drug-likeness (QED) is 0.436. The summed E-state index contributed by atoms with van der Waals surface area (Å²) in [5.41, 5.74) is 4.42. The zero-order valence-electron chi connectivity index (χ0n) is 12.0. The van der Waals surface area contributed by atoms with Gasteiger partial charge in [-0.3, -0.25) is 4.57 Å². The molecule has 1 aliphatic heterocycles. The number of anilines is 1. The number of hydrogen-bond donors (Lipinski definition) is 4. The first-order valence-corrected chi connectivity index (χ1v) is 7.23. The molecule has 0 aromatic carbocycles. The number of hydrogen-bond acceptors (Lipinski definition) is 8. The van der Waals surface area contributed by atoms with Gasteiger partial charge in [0.05, 0.1) is 12.9 Å². The lowest BCUT2D eigenvalue weighted by molar-refractivity contribution is -0.105. The van der Waals surface area contributed by atoms with Crippen LogP contribution in [0.5, 0.6) is 0 Å². The zero-order chi connectivity index (χ0) is 16.8. The van der Waals surface area contributed by atoms with Crippen LogP contribution >= 0.6 is 11.6 Å². The molecule has 1 saturated heterocycles. The highest BCUT2D eigenvalue weighted by Gasteiger charge is 2.55. The van der Waals surface area contributed by atoms with Gasteiger partial charge in [0.2, 0.25) is 5.95 Å². The van der Waals surface area contributed by atoms with E-state index in [2.05, 4.69) is 21.5 Å².